The Labute approximate surface area is 78.7 Å². The van der Waals surface area contributed by atoms with Crippen LogP contribution in [0.5, 0.6) is 0 Å². The van der Waals surface area contributed by atoms with E-state index in [2.05, 4.69) is 4.90 Å². The fraction of sp³-hybridized carbons (Fsp3) is 1.00. The zero-order valence-corrected chi connectivity index (χ0v) is 7.91. The van der Waals surface area contributed by atoms with Crippen LogP contribution in [-0.2, 0) is 4.74 Å². The molecule has 0 aliphatic carbocycles. The van der Waals surface area contributed by atoms with Crippen LogP contribution in [0.4, 0.5) is 0 Å². The summed E-state index contributed by atoms with van der Waals surface area (Å²) in [6.45, 7) is 3.05. The van der Waals surface area contributed by atoms with Crippen molar-refractivity contribution in [3.8, 4) is 0 Å². The van der Waals surface area contributed by atoms with Gasteiger partial charge < -0.3 is 15.6 Å². The molecule has 2 aliphatic rings. The highest BCUT2D eigenvalue weighted by molar-refractivity contribution is 5.00. The normalized spacial score (nSPS) is 40.6. The van der Waals surface area contributed by atoms with Crippen molar-refractivity contribution in [3.05, 3.63) is 0 Å². The van der Waals surface area contributed by atoms with Crippen molar-refractivity contribution < 1.29 is 9.84 Å². The number of nitrogens with two attached hydrogens (primary N) is 1. The average molecular weight is 186 g/mol. The van der Waals surface area contributed by atoms with Gasteiger partial charge in [-0.05, 0) is 19.4 Å². The number of morpholine rings is 1. The third kappa shape index (κ3) is 1.38. The van der Waals surface area contributed by atoms with Crippen molar-refractivity contribution in [3.63, 3.8) is 0 Å². The van der Waals surface area contributed by atoms with Crippen LogP contribution in [0.3, 0.4) is 0 Å². The molecule has 2 saturated heterocycles. The van der Waals surface area contributed by atoms with Gasteiger partial charge in [-0.3, -0.25) is 4.90 Å². The van der Waals surface area contributed by atoms with Gasteiger partial charge in [0.1, 0.15) is 0 Å². The molecule has 2 aliphatic heterocycles. The zero-order valence-electron chi connectivity index (χ0n) is 7.91. The molecule has 2 rings (SSSR count). The predicted molar refractivity (Wildman–Crippen MR) is 49.4 cm³/mol. The lowest BCUT2D eigenvalue weighted by molar-refractivity contribution is -0.103. The quantitative estimate of drug-likeness (QED) is 0.591. The van der Waals surface area contributed by atoms with E-state index in [4.69, 9.17) is 10.5 Å². The number of fused-ring (bicyclic) bond motifs is 1. The van der Waals surface area contributed by atoms with Crippen LogP contribution in [0, 0.1) is 0 Å². The standard InChI is InChI=1S/C9H18N2O2/c10-5-9(6-12)7-13-4-8-2-1-3-11(8)9/h8,12H,1-7,10H2/t8-,9+/m1/s1. The van der Waals surface area contributed by atoms with Crippen LogP contribution in [0.15, 0.2) is 0 Å². The highest BCUT2D eigenvalue weighted by Gasteiger charge is 2.44. The molecular formula is C9H18N2O2. The first-order chi connectivity index (χ1) is 6.32. The topological polar surface area (TPSA) is 58.7 Å². The van der Waals surface area contributed by atoms with Crippen LogP contribution in [-0.4, -0.2) is 54.5 Å². The van der Waals surface area contributed by atoms with Crippen LogP contribution < -0.4 is 5.73 Å². The number of ether oxygens (including phenoxy) is 1. The SMILES string of the molecule is NC[C@]1(CO)COC[C@H]2CCCN21. The summed E-state index contributed by atoms with van der Waals surface area (Å²) in [6, 6.07) is 0.490. The van der Waals surface area contributed by atoms with Crippen LogP contribution in [0.1, 0.15) is 12.8 Å². The van der Waals surface area contributed by atoms with Crippen molar-refractivity contribution in [1.82, 2.24) is 4.90 Å². The van der Waals surface area contributed by atoms with Gasteiger partial charge in [0.25, 0.3) is 0 Å². The molecule has 13 heavy (non-hydrogen) atoms. The second kappa shape index (κ2) is 3.53. The first-order valence-electron chi connectivity index (χ1n) is 4.98. The van der Waals surface area contributed by atoms with E-state index in [1.807, 2.05) is 0 Å². The molecule has 0 unspecified atom stereocenters. The number of aliphatic hydroxyl groups is 1. The Kier molecular flexibility index (Phi) is 2.55. The Morgan fingerprint density at radius 3 is 3.15 bits per heavy atom. The molecule has 0 aromatic heterocycles. The average Bonchev–Trinajstić information content (AvgIpc) is 2.65. The Hall–Kier alpha value is -0.160. The first-order valence-corrected chi connectivity index (χ1v) is 4.98. The second-order valence-corrected chi connectivity index (χ2v) is 4.09. The first kappa shape index (κ1) is 9.40. The van der Waals surface area contributed by atoms with E-state index in [0.29, 0.717) is 19.2 Å². The molecule has 2 atom stereocenters. The number of nitrogens with zero attached hydrogens (tertiary/aromatic N) is 1. The molecule has 0 saturated carbocycles. The molecule has 0 radical (unpaired) electrons. The molecule has 0 aromatic rings. The lowest BCUT2D eigenvalue weighted by atomic mass is 9.96. The van der Waals surface area contributed by atoms with Crippen molar-refractivity contribution in [2.45, 2.75) is 24.4 Å². The van der Waals surface area contributed by atoms with Gasteiger partial charge in [0.15, 0.2) is 0 Å². The van der Waals surface area contributed by atoms with E-state index >= 15 is 0 Å². The van der Waals surface area contributed by atoms with Gasteiger partial charge in [-0.25, -0.2) is 0 Å². The van der Waals surface area contributed by atoms with E-state index in [0.717, 1.165) is 13.2 Å². The molecule has 2 heterocycles. The molecule has 0 spiro atoms. The van der Waals surface area contributed by atoms with Crippen molar-refractivity contribution >= 4 is 0 Å². The highest BCUT2D eigenvalue weighted by atomic mass is 16.5. The Morgan fingerprint density at radius 2 is 2.46 bits per heavy atom. The maximum atomic E-state index is 9.39. The Bertz CT molecular complexity index is 182. The largest absolute Gasteiger partial charge is 0.394 e. The maximum Gasteiger partial charge on any atom is 0.0802 e. The van der Waals surface area contributed by atoms with Crippen molar-refractivity contribution in [2.75, 3.05) is 32.9 Å². The van der Waals surface area contributed by atoms with Gasteiger partial charge in [-0.2, -0.15) is 0 Å². The number of rotatable bonds is 2. The van der Waals surface area contributed by atoms with Crippen LogP contribution in [0.25, 0.3) is 0 Å². The van der Waals surface area contributed by atoms with Crippen molar-refractivity contribution in [2.24, 2.45) is 5.73 Å². The van der Waals surface area contributed by atoms with E-state index in [1.54, 1.807) is 0 Å². The minimum Gasteiger partial charge on any atom is -0.394 e. The summed E-state index contributed by atoms with van der Waals surface area (Å²) in [5.74, 6) is 0. The molecule has 4 nitrogen and oxygen atoms in total. The minimum absolute atomic E-state index is 0.111. The smallest absolute Gasteiger partial charge is 0.0802 e. The molecule has 76 valence electrons. The monoisotopic (exact) mass is 186 g/mol. The third-order valence-corrected chi connectivity index (χ3v) is 3.34. The van der Waals surface area contributed by atoms with E-state index in [9.17, 15) is 5.11 Å². The van der Waals surface area contributed by atoms with E-state index < -0.39 is 0 Å². The van der Waals surface area contributed by atoms with Gasteiger partial charge in [-0.15, -0.1) is 0 Å². The summed E-state index contributed by atoms with van der Waals surface area (Å²) in [5, 5.41) is 9.39. The van der Waals surface area contributed by atoms with Gasteiger partial charge in [-0.1, -0.05) is 0 Å². The highest BCUT2D eigenvalue weighted by Crippen LogP contribution is 2.30. The predicted octanol–water partition coefficient (Wildman–Crippen LogP) is -0.829. The fourth-order valence-corrected chi connectivity index (χ4v) is 2.48. The number of hydrogen-bond acceptors (Lipinski definition) is 4. The summed E-state index contributed by atoms with van der Waals surface area (Å²) in [7, 11) is 0. The lowest BCUT2D eigenvalue weighted by Gasteiger charge is -2.46. The lowest BCUT2D eigenvalue weighted by Crippen LogP contribution is -2.64. The van der Waals surface area contributed by atoms with Crippen molar-refractivity contribution in [1.29, 1.82) is 0 Å². The molecule has 0 amide bonds. The molecular weight excluding hydrogens is 168 g/mol. The molecule has 0 aromatic carbocycles. The summed E-state index contributed by atoms with van der Waals surface area (Å²) in [5.41, 5.74) is 5.43. The van der Waals surface area contributed by atoms with Gasteiger partial charge >= 0.3 is 0 Å². The fourth-order valence-electron chi connectivity index (χ4n) is 2.48. The molecule has 3 N–H and O–H groups in total. The Morgan fingerprint density at radius 1 is 1.62 bits per heavy atom. The third-order valence-electron chi connectivity index (χ3n) is 3.34. The Balaban J connectivity index is 2.16. The van der Waals surface area contributed by atoms with Crippen LogP contribution in [0.2, 0.25) is 0 Å². The molecule has 0 bridgehead atoms. The summed E-state index contributed by atoms with van der Waals surface area (Å²) >= 11 is 0. The summed E-state index contributed by atoms with van der Waals surface area (Å²) < 4.78 is 5.50. The molecule has 4 heteroatoms. The minimum atomic E-state index is -0.292. The summed E-state index contributed by atoms with van der Waals surface area (Å²) in [4.78, 5) is 2.34. The summed E-state index contributed by atoms with van der Waals surface area (Å²) in [6.07, 6.45) is 2.39. The number of hydrogen-bond donors (Lipinski definition) is 2. The maximum absolute atomic E-state index is 9.39. The van der Waals surface area contributed by atoms with Gasteiger partial charge in [0, 0.05) is 12.6 Å². The second-order valence-electron chi connectivity index (χ2n) is 4.09. The van der Waals surface area contributed by atoms with Gasteiger partial charge in [0.2, 0.25) is 0 Å². The van der Waals surface area contributed by atoms with Crippen LogP contribution >= 0.6 is 0 Å². The van der Waals surface area contributed by atoms with E-state index in [-0.39, 0.29) is 12.1 Å². The number of aliphatic hydroxyl groups excluding tert-OH is 1. The molecule has 2 fully saturated rings. The van der Waals surface area contributed by atoms with Gasteiger partial charge in [0.05, 0.1) is 25.4 Å². The van der Waals surface area contributed by atoms with E-state index in [1.165, 1.54) is 12.8 Å². The zero-order chi connectivity index (χ0) is 9.31.